The molecule has 0 bridgehead atoms. The van der Waals surface area contributed by atoms with Gasteiger partial charge < -0.3 is 34.6 Å². The Kier molecular flexibility index (Phi) is 12.6. The second-order valence-electron chi connectivity index (χ2n) is 15.1. The maximum atomic E-state index is 13.6. The van der Waals surface area contributed by atoms with Gasteiger partial charge in [0.15, 0.2) is 0 Å². The normalized spacial score (nSPS) is 17.7. The molecule has 3 N–H and O–H groups in total. The fourth-order valence-electron chi connectivity index (χ4n) is 7.57. The molecular formula is C43H51N7O6. The summed E-state index contributed by atoms with van der Waals surface area (Å²) in [6.07, 6.45) is 6.26. The zero-order valence-corrected chi connectivity index (χ0v) is 32.9. The highest BCUT2D eigenvalue weighted by Gasteiger charge is 2.39. The van der Waals surface area contributed by atoms with Crippen LogP contribution in [0.1, 0.15) is 94.7 Å². The van der Waals surface area contributed by atoms with Crippen LogP contribution in [0, 0.1) is 29.6 Å². The first-order chi connectivity index (χ1) is 27.0. The number of methoxy groups -OCH3 is 2. The van der Waals surface area contributed by atoms with Crippen molar-refractivity contribution >= 4 is 23.9 Å². The lowest BCUT2D eigenvalue weighted by Gasteiger charge is -2.30. The van der Waals surface area contributed by atoms with E-state index in [1.807, 2.05) is 81.1 Å². The van der Waals surface area contributed by atoms with E-state index in [2.05, 4.69) is 32.1 Å². The highest BCUT2D eigenvalue weighted by molar-refractivity contribution is 5.86. The van der Waals surface area contributed by atoms with Gasteiger partial charge >= 0.3 is 12.1 Å². The van der Waals surface area contributed by atoms with E-state index < -0.39 is 18.1 Å². The van der Waals surface area contributed by atoms with Crippen LogP contribution in [0.4, 0.5) is 4.79 Å². The zero-order valence-electron chi connectivity index (χ0n) is 32.9. The largest absolute Gasteiger partial charge is 0.469 e. The summed E-state index contributed by atoms with van der Waals surface area (Å²) in [6, 6.07) is 14.7. The number of hydrogen-bond donors (Lipinski definition) is 3. The van der Waals surface area contributed by atoms with Crippen molar-refractivity contribution in [1.29, 1.82) is 0 Å². The Labute approximate surface area is 328 Å². The molecular weight excluding hydrogens is 711 g/mol. The number of aromatic nitrogens is 4. The molecule has 0 radical (unpaired) electrons. The summed E-state index contributed by atoms with van der Waals surface area (Å²) >= 11 is 0. The van der Waals surface area contributed by atoms with Crippen LogP contribution in [0.3, 0.4) is 0 Å². The molecule has 2 aromatic carbocycles. The van der Waals surface area contributed by atoms with Gasteiger partial charge in [0.2, 0.25) is 11.8 Å². The zero-order chi connectivity index (χ0) is 39.9. The van der Waals surface area contributed by atoms with Crippen LogP contribution < -0.4 is 5.32 Å². The van der Waals surface area contributed by atoms with Crippen LogP contribution in [0.2, 0.25) is 0 Å². The van der Waals surface area contributed by atoms with Gasteiger partial charge in [0.25, 0.3) is 0 Å². The summed E-state index contributed by atoms with van der Waals surface area (Å²) in [5.74, 6) is 6.87. The van der Waals surface area contributed by atoms with Crippen LogP contribution in [-0.4, -0.2) is 87.0 Å². The number of amides is 3. The van der Waals surface area contributed by atoms with Crippen molar-refractivity contribution in [1.82, 2.24) is 35.1 Å². The standard InChI is InChI=1S/C43H51N7O6/c1-26(2)32(23-37(51)55-5)41(52)49-19-9-15-35(49)39-44-24-33(46-39)30-13-7-11-28(21-30)17-18-29-12-8-14-31(22-29)34-25-45-40(47-34)36-16-10-20-50(36)42(53)38(27(3)4)48-43(54)56-6/h7-8,11-14,21-22,24-27,32,35-36,38H,9-10,15-16,19-20,23H2,1-6H3,(H,44,46)(H,45,47)(H,48,54)/t32-,35-,36-,38-/m0/s1. The average molecular weight is 762 g/mol. The molecule has 0 unspecified atom stereocenters. The molecule has 2 aromatic heterocycles. The summed E-state index contributed by atoms with van der Waals surface area (Å²) in [5, 5.41) is 2.69. The second-order valence-corrected chi connectivity index (χ2v) is 15.1. The molecule has 0 saturated carbocycles. The molecule has 2 saturated heterocycles. The highest BCUT2D eigenvalue weighted by Crippen LogP contribution is 2.35. The van der Waals surface area contributed by atoms with Gasteiger partial charge in [0.1, 0.15) is 17.7 Å². The number of nitrogens with one attached hydrogen (secondary N) is 3. The Hall–Kier alpha value is -5.90. The molecule has 294 valence electrons. The number of ether oxygens (including phenoxy) is 2. The topological polar surface area (TPSA) is 163 Å². The molecule has 3 amide bonds. The van der Waals surface area contributed by atoms with E-state index in [4.69, 9.17) is 14.5 Å². The minimum absolute atomic E-state index is 0.00542. The van der Waals surface area contributed by atoms with Crippen LogP contribution >= 0.6 is 0 Å². The number of carbonyl (C=O) groups excluding carboxylic acids is 4. The number of carbonyl (C=O) groups is 4. The molecule has 13 nitrogen and oxygen atoms in total. The molecule has 56 heavy (non-hydrogen) atoms. The lowest BCUT2D eigenvalue weighted by molar-refractivity contribution is -0.148. The molecule has 4 heterocycles. The van der Waals surface area contributed by atoms with Crippen molar-refractivity contribution in [2.45, 2.75) is 77.9 Å². The quantitative estimate of drug-likeness (QED) is 0.117. The highest BCUT2D eigenvalue weighted by atomic mass is 16.5. The number of imidazole rings is 2. The fraction of sp³-hybridized carbons (Fsp3) is 0.442. The monoisotopic (exact) mass is 761 g/mol. The minimum Gasteiger partial charge on any atom is -0.469 e. The number of rotatable bonds is 11. The van der Waals surface area contributed by atoms with E-state index in [1.54, 1.807) is 17.3 Å². The first-order valence-corrected chi connectivity index (χ1v) is 19.3. The van der Waals surface area contributed by atoms with Gasteiger partial charge in [-0.2, -0.15) is 0 Å². The maximum Gasteiger partial charge on any atom is 0.407 e. The third-order valence-electron chi connectivity index (χ3n) is 10.7. The second kappa shape index (κ2) is 17.7. The predicted octanol–water partition coefficient (Wildman–Crippen LogP) is 6.41. The molecule has 0 spiro atoms. The smallest absolute Gasteiger partial charge is 0.407 e. The van der Waals surface area contributed by atoms with Crippen molar-refractivity contribution < 1.29 is 28.7 Å². The lowest BCUT2D eigenvalue weighted by Crippen LogP contribution is -2.51. The number of H-pyrrole nitrogens is 2. The molecule has 0 aliphatic carbocycles. The molecule has 6 rings (SSSR count). The van der Waals surface area contributed by atoms with Gasteiger partial charge in [-0.25, -0.2) is 14.8 Å². The Morgan fingerprint density at radius 1 is 0.768 bits per heavy atom. The third-order valence-corrected chi connectivity index (χ3v) is 10.7. The van der Waals surface area contributed by atoms with E-state index in [9.17, 15) is 19.2 Å². The van der Waals surface area contributed by atoms with E-state index in [0.29, 0.717) is 18.9 Å². The molecule has 13 heteroatoms. The summed E-state index contributed by atoms with van der Waals surface area (Å²) in [4.78, 5) is 71.1. The molecule has 4 atom stereocenters. The number of benzene rings is 2. The maximum absolute atomic E-state index is 13.6. The number of esters is 1. The number of hydrogen-bond acceptors (Lipinski definition) is 8. The van der Waals surface area contributed by atoms with E-state index >= 15 is 0 Å². The van der Waals surface area contributed by atoms with Crippen LogP contribution in [0.5, 0.6) is 0 Å². The van der Waals surface area contributed by atoms with Gasteiger partial charge in [-0.15, -0.1) is 0 Å². The Balaban J connectivity index is 1.14. The Bertz CT molecular complexity index is 1960. The van der Waals surface area contributed by atoms with Crippen molar-refractivity contribution in [3.8, 4) is 34.4 Å². The van der Waals surface area contributed by atoms with Crippen LogP contribution in [-0.2, 0) is 23.9 Å². The van der Waals surface area contributed by atoms with Crippen molar-refractivity contribution in [3.05, 3.63) is 83.7 Å². The van der Waals surface area contributed by atoms with Gasteiger partial charge in [-0.05, 0) is 61.8 Å². The molecule has 2 aliphatic heterocycles. The number of nitrogens with zero attached hydrogens (tertiary/aromatic N) is 4. The van der Waals surface area contributed by atoms with Crippen molar-refractivity contribution in [3.63, 3.8) is 0 Å². The third kappa shape index (κ3) is 8.96. The van der Waals surface area contributed by atoms with Crippen LogP contribution in [0.25, 0.3) is 22.5 Å². The SMILES string of the molecule is COC(=O)C[C@H](C(=O)N1CCC[C@H]1c1ncc(-c2cccc(C#Cc3cccc(-c4cnc([C@@H]5CCCN5C(=O)[C@@H](NC(=O)OC)C(C)C)[nH]4)c3)c2)[nH]1)C(C)C. The van der Waals surface area contributed by atoms with Crippen molar-refractivity contribution in [2.75, 3.05) is 27.3 Å². The summed E-state index contributed by atoms with van der Waals surface area (Å²) in [5.41, 5.74) is 5.16. The predicted molar refractivity (Wildman–Crippen MR) is 211 cm³/mol. The first kappa shape index (κ1) is 39.8. The van der Waals surface area contributed by atoms with Gasteiger partial charge in [-0.3, -0.25) is 14.4 Å². The lowest BCUT2D eigenvalue weighted by atomic mass is 9.91. The van der Waals surface area contributed by atoms with E-state index in [1.165, 1.54) is 14.2 Å². The van der Waals surface area contributed by atoms with E-state index in [-0.39, 0.29) is 48.1 Å². The number of likely N-dealkylation sites (tertiary alicyclic amines) is 2. The minimum atomic E-state index is -0.700. The number of alkyl carbamates (subject to hydrolysis) is 1. The van der Waals surface area contributed by atoms with Gasteiger partial charge in [0, 0.05) is 35.3 Å². The Morgan fingerprint density at radius 3 is 1.75 bits per heavy atom. The first-order valence-electron chi connectivity index (χ1n) is 19.3. The van der Waals surface area contributed by atoms with Crippen molar-refractivity contribution in [2.24, 2.45) is 17.8 Å². The fourth-order valence-corrected chi connectivity index (χ4v) is 7.57. The van der Waals surface area contributed by atoms with Gasteiger partial charge in [-0.1, -0.05) is 63.8 Å². The van der Waals surface area contributed by atoms with E-state index in [0.717, 1.165) is 65.1 Å². The number of aromatic amines is 2. The summed E-state index contributed by atoms with van der Waals surface area (Å²) in [7, 11) is 2.63. The average Bonchev–Trinajstić information content (AvgIpc) is 4.04. The summed E-state index contributed by atoms with van der Waals surface area (Å²) in [6.45, 7) is 8.90. The Morgan fingerprint density at radius 2 is 1.29 bits per heavy atom. The summed E-state index contributed by atoms with van der Waals surface area (Å²) < 4.78 is 9.62. The molecule has 2 aliphatic rings. The molecule has 4 aromatic rings. The van der Waals surface area contributed by atoms with Gasteiger partial charge in [0.05, 0.1) is 62.4 Å². The molecule has 2 fully saturated rings. The van der Waals surface area contributed by atoms with Crippen LogP contribution in [0.15, 0.2) is 60.9 Å².